The standard InChI is InChI=1S/C13H12F3N3/c1-8-7-11(17-2)19-12(18-8)9-3-5-10(6-4-9)13(14,15)16/h3-7H,1-2H3,(H,17,18,19). The predicted molar refractivity (Wildman–Crippen MR) is 66.8 cm³/mol. The van der Waals surface area contributed by atoms with Crippen molar-refractivity contribution in [3.05, 3.63) is 41.6 Å². The lowest BCUT2D eigenvalue weighted by Gasteiger charge is -2.08. The summed E-state index contributed by atoms with van der Waals surface area (Å²) in [6.45, 7) is 1.80. The Bertz CT molecular complexity index is 577. The Balaban J connectivity index is 2.40. The molecular formula is C13H12F3N3. The molecule has 0 aliphatic rings. The van der Waals surface area contributed by atoms with Crippen LogP contribution in [0.25, 0.3) is 11.4 Å². The highest BCUT2D eigenvalue weighted by Gasteiger charge is 2.30. The van der Waals surface area contributed by atoms with Crippen LogP contribution in [0.4, 0.5) is 19.0 Å². The molecule has 1 N–H and O–H groups in total. The van der Waals surface area contributed by atoms with Gasteiger partial charge in [0.1, 0.15) is 5.82 Å². The molecule has 3 nitrogen and oxygen atoms in total. The first kappa shape index (κ1) is 13.3. The van der Waals surface area contributed by atoms with Crippen molar-refractivity contribution in [3.63, 3.8) is 0 Å². The average molecular weight is 267 g/mol. The number of halogens is 3. The van der Waals surface area contributed by atoms with Crippen LogP contribution in [-0.2, 0) is 6.18 Å². The van der Waals surface area contributed by atoms with Gasteiger partial charge >= 0.3 is 6.18 Å². The molecule has 0 amide bonds. The highest BCUT2D eigenvalue weighted by Crippen LogP contribution is 2.30. The molecule has 2 rings (SSSR count). The number of hydrogen-bond acceptors (Lipinski definition) is 3. The molecule has 0 fully saturated rings. The second-order valence-corrected chi connectivity index (χ2v) is 4.04. The first-order valence-corrected chi connectivity index (χ1v) is 5.61. The minimum atomic E-state index is -4.33. The third-order valence-corrected chi connectivity index (χ3v) is 2.58. The summed E-state index contributed by atoms with van der Waals surface area (Å²) in [5, 5.41) is 2.88. The first-order valence-electron chi connectivity index (χ1n) is 5.61. The van der Waals surface area contributed by atoms with Crippen LogP contribution < -0.4 is 5.32 Å². The number of rotatable bonds is 2. The lowest BCUT2D eigenvalue weighted by Crippen LogP contribution is -2.04. The molecule has 0 aliphatic heterocycles. The molecule has 0 saturated heterocycles. The van der Waals surface area contributed by atoms with Crippen molar-refractivity contribution in [1.82, 2.24) is 9.97 Å². The molecular weight excluding hydrogens is 255 g/mol. The molecule has 1 aromatic carbocycles. The second kappa shape index (κ2) is 4.87. The third-order valence-electron chi connectivity index (χ3n) is 2.58. The van der Waals surface area contributed by atoms with Crippen LogP contribution in [0, 0.1) is 6.92 Å². The van der Waals surface area contributed by atoms with E-state index in [1.165, 1.54) is 12.1 Å². The second-order valence-electron chi connectivity index (χ2n) is 4.04. The van der Waals surface area contributed by atoms with Gasteiger partial charge in [-0.15, -0.1) is 0 Å². The highest BCUT2D eigenvalue weighted by molar-refractivity contribution is 5.58. The quantitative estimate of drug-likeness (QED) is 0.904. The van der Waals surface area contributed by atoms with Crippen LogP contribution in [-0.4, -0.2) is 17.0 Å². The lowest BCUT2D eigenvalue weighted by atomic mass is 10.1. The monoisotopic (exact) mass is 267 g/mol. The van der Waals surface area contributed by atoms with E-state index < -0.39 is 11.7 Å². The van der Waals surface area contributed by atoms with Crippen molar-refractivity contribution in [3.8, 4) is 11.4 Å². The van der Waals surface area contributed by atoms with Crippen LogP contribution in [0.5, 0.6) is 0 Å². The van der Waals surface area contributed by atoms with Crippen molar-refractivity contribution >= 4 is 5.82 Å². The van der Waals surface area contributed by atoms with Gasteiger partial charge in [0.05, 0.1) is 5.56 Å². The minimum absolute atomic E-state index is 0.401. The molecule has 1 heterocycles. The van der Waals surface area contributed by atoms with Gasteiger partial charge in [0, 0.05) is 24.4 Å². The van der Waals surface area contributed by atoms with Crippen LogP contribution >= 0.6 is 0 Å². The number of alkyl halides is 3. The van der Waals surface area contributed by atoms with Gasteiger partial charge in [-0.25, -0.2) is 9.97 Å². The van der Waals surface area contributed by atoms with Crippen molar-refractivity contribution in [2.24, 2.45) is 0 Å². The Morgan fingerprint density at radius 3 is 2.21 bits per heavy atom. The highest BCUT2D eigenvalue weighted by atomic mass is 19.4. The Morgan fingerprint density at radius 1 is 1.05 bits per heavy atom. The average Bonchev–Trinajstić information content (AvgIpc) is 2.37. The van der Waals surface area contributed by atoms with Gasteiger partial charge in [0.2, 0.25) is 0 Å². The van der Waals surface area contributed by atoms with E-state index in [0.717, 1.165) is 17.8 Å². The number of anilines is 1. The molecule has 0 bridgehead atoms. The van der Waals surface area contributed by atoms with Gasteiger partial charge in [0.15, 0.2) is 5.82 Å². The van der Waals surface area contributed by atoms with Crippen LogP contribution in [0.3, 0.4) is 0 Å². The fourth-order valence-electron chi connectivity index (χ4n) is 1.63. The normalized spacial score (nSPS) is 11.4. The Morgan fingerprint density at radius 2 is 1.68 bits per heavy atom. The maximum Gasteiger partial charge on any atom is 0.416 e. The van der Waals surface area contributed by atoms with Gasteiger partial charge < -0.3 is 5.32 Å². The largest absolute Gasteiger partial charge is 0.416 e. The van der Waals surface area contributed by atoms with Gasteiger partial charge in [-0.3, -0.25) is 0 Å². The van der Waals surface area contributed by atoms with Crippen LogP contribution in [0.1, 0.15) is 11.3 Å². The smallest absolute Gasteiger partial charge is 0.373 e. The fourth-order valence-corrected chi connectivity index (χ4v) is 1.63. The summed E-state index contributed by atoms with van der Waals surface area (Å²) < 4.78 is 37.4. The van der Waals surface area contributed by atoms with Gasteiger partial charge in [0.25, 0.3) is 0 Å². The van der Waals surface area contributed by atoms with E-state index in [4.69, 9.17) is 0 Å². The molecule has 2 aromatic rings. The number of nitrogens with one attached hydrogen (secondary N) is 1. The molecule has 0 aliphatic carbocycles. The van der Waals surface area contributed by atoms with E-state index in [-0.39, 0.29) is 0 Å². The molecule has 0 spiro atoms. The third kappa shape index (κ3) is 3.01. The predicted octanol–water partition coefficient (Wildman–Crippen LogP) is 3.51. The summed E-state index contributed by atoms with van der Waals surface area (Å²) in [5.74, 6) is 1.03. The zero-order valence-electron chi connectivity index (χ0n) is 10.4. The van der Waals surface area contributed by atoms with Gasteiger partial charge in [-0.1, -0.05) is 12.1 Å². The number of aryl methyl sites for hydroxylation is 1. The van der Waals surface area contributed by atoms with E-state index in [1.54, 1.807) is 20.0 Å². The zero-order valence-corrected chi connectivity index (χ0v) is 10.4. The molecule has 0 radical (unpaired) electrons. The van der Waals surface area contributed by atoms with Gasteiger partial charge in [-0.05, 0) is 19.1 Å². The Kier molecular flexibility index (Phi) is 3.42. The molecule has 6 heteroatoms. The maximum atomic E-state index is 12.5. The summed E-state index contributed by atoms with van der Waals surface area (Å²) in [4.78, 5) is 8.42. The summed E-state index contributed by atoms with van der Waals surface area (Å²) >= 11 is 0. The van der Waals surface area contributed by atoms with E-state index in [2.05, 4.69) is 15.3 Å². The number of aromatic nitrogens is 2. The maximum absolute atomic E-state index is 12.5. The van der Waals surface area contributed by atoms with Crippen LogP contribution in [0.2, 0.25) is 0 Å². The van der Waals surface area contributed by atoms with Gasteiger partial charge in [-0.2, -0.15) is 13.2 Å². The van der Waals surface area contributed by atoms with E-state index in [9.17, 15) is 13.2 Å². The molecule has 0 unspecified atom stereocenters. The zero-order chi connectivity index (χ0) is 14.0. The first-order chi connectivity index (χ1) is 8.90. The number of nitrogens with zero attached hydrogens (tertiary/aromatic N) is 2. The molecule has 1 aromatic heterocycles. The van der Waals surface area contributed by atoms with Crippen molar-refractivity contribution in [1.29, 1.82) is 0 Å². The molecule has 0 atom stereocenters. The topological polar surface area (TPSA) is 37.8 Å². The van der Waals surface area contributed by atoms with Crippen molar-refractivity contribution in [2.45, 2.75) is 13.1 Å². The summed E-state index contributed by atoms with van der Waals surface area (Å²) in [6.07, 6.45) is -4.33. The van der Waals surface area contributed by atoms with E-state index in [1.807, 2.05) is 0 Å². The summed E-state index contributed by atoms with van der Waals surface area (Å²) in [6, 6.07) is 6.56. The summed E-state index contributed by atoms with van der Waals surface area (Å²) in [7, 11) is 1.72. The lowest BCUT2D eigenvalue weighted by molar-refractivity contribution is -0.137. The number of benzene rings is 1. The molecule has 100 valence electrons. The van der Waals surface area contributed by atoms with Crippen LogP contribution in [0.15, 0.2) is 30.3 Å². The van der Waals surface area contributed by atoms with E-state index >= 15 is 0 Å². The summed E-state index contributed by atoms with van der Waals surface area (Å²) in [5.41, 5.74) is 0.611. The van der Waals surface area contributed by atoms with Crippen molar-refractivity contribution in [2.75, 3.05) is 12.4 Å². The Hall–Kier alpha value is -2.11. The fraction of sp³-hybridized carbons (Fsp3) is 0.231. The van der Waals surface area contributed by atoms with E-state index in [0.29, 0.717) is 17.2 Å². The number of hydrogen-bond donors (Lipinski definition) is 1. The van der Waals surface area contributed by atoms with Crippen molar-refractivity contribution < 1.29 is 13.2 Å². The minimum Gasteiger partial charge on any atom is -0.373 e. The Labute approximate surface area is 108 Å². The molecule has 0 saturated carbocycles. The SMILES string of the molecule is CNc1cc(C)nc(-c2ccc(C(F)(F)F)cc2)n1. The molecule has 19 heavy (non-hydrogen) atoms.